The SMILES string of the molecule is [C-]#[N+]C(C)CS(C)(=O)=O. The van der Waals surface area contributed by atoms with Crippen LogP contribution in [0.1, 0.15) is 6.92 Å². The Balaban J connectivity index is 3.94. The smallest absolute Gasteiger partial charge is 0.234 e. The minimum atomic E-state index is -2.95. The lowest BCUT2D eigenvalue weighted by Gasteiger charge is -1.93. The summed E-state index contributed by atoms with van der Waals surface area (Å²) in [5, 5.41) is 0. The summed E-state index contributed by atoms with van der Waals surface area (Å²) in [5.41, 5.74) is 0. The summed E-state index contributed by atoms with van der Waals surface area (Å²) in [6.45, 7) is 8.04. The van der Waals surface area contributed by atoms with Crippen molar-refractivity contribution in [3.8, 4) is 0 Å². The van der Waals surface area contributed by atoms with E-state index < -0.39 is 15.9 Å². The highest BCUT2D eigenvalue weighted by atomic mass is 32.2. The van der Waals surface area contributed by atoms with Crippen LogP contribution in [0.15, 0.2) is 0 Å². The van der Waals surface area contributed by atoms with E-state index in [-0.39, 0.29) is 5.75 Å². The van der Waals surface area contributed by atoms with E-state index in [9.17, 15) is 8.42 Å². The second-order valence-corrected chi connectivity index (χ2v) is 4.26. The molecule has 1 atom stereocenters. The molecule has 9 heavy (non-hydrogen) atoms. The van der Waals surface area contributed by atoms with Crippen LogP contribution >= 0.6 is 0 Å². The van der Waals surface area contributed by atoms with Crippen LogP contribution in [-0.2, 0) is 9.84 Å². The van der Waals surface area contributed by atoms with E-state index in [0.717, 1.165) is 6.26 Å². The highest BCUT2D eigenvalue weighted by molar-refractivity contribution is 7.90. The molecule has 0 radical (unpaired) electrons. The predicted molar refractivity (Wildman–Crippen MR) is 35.8 cm³/mol. The molecule has 0 bridgehead atoms. The quantitative estimate of drug-likeness (QED) is 0.528. The third-order valence-electron chi connectivity index (χ3n) is 0.764. The van der Waals surface area contributed by atoms with E-state index in [0.29, 0.717) is 0 Å². The third-order valence-corrected chi connectivity index (χ3v) is 1.85. The van der Waals surface area contributed by atoms with Gasteiger partial charge in [-0.25, -0.2) is 15.0 Å². The van der Waals surface area contributed by atoms with E-state index in [1.807, 2.05) is 0 Å². The molecule has 0 aromatic rings. The standard InChI is InChI=1S/C5H9NO2S/c1-5(6-2)4-9(3,7)8/h5H,4H2,1,3H3. The molecule has 0 saturated heterocycles. The van der Waals surface area contributed by atoms with Crippen LogP contribution in [0, 0.1) is 6.57 Å². The van der Waals surface area contributed by atoms with Crippen molar-refractivity contribution in [2.75, 3.05) is 12.0 Å². The Hall–Kier alpha value is -0.560. The lowest BCUT2D eigenvalue weighted by atomic mass is 10.4. The zero-order valence-electron chi connectivity index (χ0n) is 5.46. The van der Waals surface area contributed by atoms with Gasteiger partial charge in [-0.1, -0.05) is 0 Å². The number of hydrogen-bond acceptors (Lipinski definition) is 2. The second-order valence-electron chi connectivity index (χ2n) is 2.07. The maximum Gasteiger partial charge on any atom is 0.234 e. The number of hydrogen-bond donors (Lipinski definition) is 0. The molecule has 0 saturated carbocycles. The summed E-state index contributed by atoms with van der Waals surface area (Å²) in [4.78, 5) is 3.04. The number of rotatable bonds is 2. The highest BCUT2D eigenvalue weighted by Gasteiger charge is 2.12. The monoisotopic (exact) mass is 147 g/mol. The maximum absolute atomic E-state index is 10.5. The average molecular weight is 147 g/mol. The molecule has 0 aromatic heterocycles. The van der Waals surface area contributed by atoms with E-state index >= 15 is 0 Å². The average Bonchev–Trinajstić information content (AvgIpc) is 1.62. The van der Waals surface area contributed by atoms with Crippen molar-refractivity contribution in [2.24, 2.45) is 0 Å². The predicted octanol–water partition coefficient (Wildman–Crippen LogP) is 0.339. The van der Waals surface area contributed by atoms with Crippen molar-refractivity contribution in [1.29, 1.82) is 0 Å². The molecule has 0 aliphatic rings. The summed E-state index contributed by atoms with van der Waals surface area (Å²) in [6.07, 6.45) is 1.13. The molecule has 0 heterocycles. The molecular weight excluding hydrogens is 138 g/mol. The summed E-state index contributed by atoms with van der Waals surface area (Å²) in [7, 11) is -2.95. The molecule has 0 aliphatic heterocycles. The van der Waals surface area contributed by atoms with Crippen LogP contribution in [-0.4, -0.2) is 26.5 Å². The molecule has 0 rings (SSSR count). The molecule has 4 heteroatoms. The first kappa shape index (κ1) is 8.44. The van der Waals surface area contributed by atoms with Crippen LogP contribution in [0.3, 0.4) is 0 Å². The molecule has 0 fully saturated rings. The van der Waals surface area contributed by atoms with Gasteiger partial charge < -0.3 is 4.85 Å². The van der Waals surface area contributed by atoms with Crippen molar-refractivity contribution in [3.05, 3.63) is 11.4 Å². The maximum atomic E-state index is 10.5. The van der Waals surface area contributed by atoms with Crippen molar-refractivity contribution in [3.63, 3.8) is 0 Å². The Morgan fingerprint density at radius 3 is 2.22 bits per heavy atom. The molecule has 0 N–H and O–H groups in total. The molecular formula is C5H9NO2S. The van der Waals surface area contributed by atoms with Gasteiger partial charge in [-0.05, 0) is 0 Å². The molecule has 0 spiro atoms. The van der Waals surface area contributed by atoms with Gasteiger partial charge in [0, 0.05) is 13.2 Å². The van der Waals surface area contributed by atoms with Gasteiger partial charge >= 0.3 is 0 Å². The largest absolute Gasteiger partial charge is 0.313 e. The minimum absolute atomic E-state index is 0.0312. The van der Waals surface area contributed by atoms with Gasteiger partial charge in [-0.2, -0.15) is 0 Å². The first-order valence-electron chi connectivity index (χ1n) is 2.50. The zero-order valence-corrected chi connectivity index (χ0v) is 6.27. The van der Waals surface area contributed by atoms with E-state index in [1.54, 1.807) is 6.92 Å². The van der Waals surface area contributed by atoms with Crippen molar-refractivity contribution in [1.82, 2.24) is 0 Å². The zero-order chi connectivity index (χ0) is 7.49. The van der Waals surface area contributed by atoms with Crippen LogP contribution in [0.25, 0.3) is 4.85 Å². The van der Waals surface area contributed by atoms with Crippen molar-refractivity contribution >= 4 is 9.84 Å². The molecule has 0 aliphatic carbocycles. The Morgan fingerprint density at radius 2 is 2.11 bits per heavy atom. The molecule has 0 aromatic carbocycles. The first-order chi connectivity index (χ1) is 3.95. The van der Waals surface area contributed by atoms with Crippen LogP contribution in [0.2, 0.25) is 0 Å². The molecule has 0 amide bonds. The molecule has 1 unspecified atom stereocenters. The fourth-order valence-corrected chi connectivity index (χ4v) is 1.43. The Labute approximate surface area is 55.4 Å². The second kappa shape index (κ2) is 2.83. The van der Waals surface area contributed by atoms with Gasteiger partial charge in [0.15, 0.2) is 9.84 Å². The minimum Gasteiger partial charge on any atom is -0.313 e. The van der Waals surface area contributed by atoms with Crippen molar-refractivity contribution < 1.29 is 8.42 Å². The van der Waals surface area contributed by atoms with Crippen LogP contribution < -0.4 is 0 Å². The van der Waals surface area contributed by atoms with Gasteiger partial charge in [0.2, 0.25) is 6.04 Å². The Kier molecular flexibility index (Phi) is 2.65. The Bertz CT molecular complexity index is 212. The van der Waals surface area contributed by atoms with Gasteiger partial charge in [-0.3, -0.25) is 0 Å². The van der Waals surface area contributed by atoms with Gasteiger partial charge in [0.25, 0.3) is 0 Å². The molecule has 3 nitrogen and oxygen atoms in total. The summed E-state index contributed by atoms with van der Waals surface area (Å²) in [6, 6.07) is -0.403. The summed E-state index contributed by atoms with van der Waals surface area (Å²) in [5.74, 6) is -0.0312. The van der Waals surface area contributed by atoms with Gasteiger partial charge in [0.1, 0.15) is 5.75 Å². The van der Waals surface area contributed by atoms with Crippen LogP contribution in [0.5, 0.6) is 0 Å². The lowest BCUT2D eigenvalue weighted by Crippen LogP contribution is -2.12. The van der Waals surface area contributed by atoms with Gasteiger partial charge in [0.05, 0.1) is 0 Å². The number of sulfone groups is 1. The fraction of sp³-hybridized carbons (Fsp3) is 0.800. The molecule has 52 valence electrons. The normalized spacial score (nSPS) is 14.3. The topological polar surface area (TPSA) is 38.5 Å². The Morgan fingerprint density at radius 1 is 1.67 bits per heavy atom. The van der Waals surface area contributed by atoms with Crippen LogP contribution in [0.4, 0.5) is 0 Å². The van der Waals surface area contributed by atoms with E-state index in [2.05, 4.69) is 4.85 Å². The highest BCUT2D eigenvalue weighted by Crippen LogP contribution is 1.93. The summed E-state index contributed by atoms with van der Waals surface area (Å²) >= 11 is 0. The van der Waals surface area contributed by atoms with E-state index in [1.165, 1.54) is 0 Å². The van der Waals surface area contributed by atoms with Crippen molar-refractivity contribution in [2.45, 2.75) is 13.0 Å². The first-order valence-corrected chi connectivity index (χ1v) is 4.56. The number of nitrogens with zero attached hydrogens (tertiary/aromatic N) is 1. The third kappa shape index (κ3) is 5.31. The lowest BCUT2D eigenvalue weighted by molar-refractivity contribution is 0.599. The fourth-order valence-electron chi connectivity index (χ4n) is 0.475. The summed E-state index contributed by atoms with van der Waals surface area (Å²) < 4.78 is 20.9. The van der Waals surface area contributed by atoms with Gasteiger partial charge in [-0.15, -0.1) is 0 Å². The van der Waals surface area contributed by atoms with E-state index in [4.69, 9.17) is 6.57 Å².